The second kappa shape index (κ2) is 5.92. The number of hydrogen-bond donors (Lipinski definition) is 1. The molecule has 0 aromatic rings. The average Bonchev–Trinajstić information content (AvgIpc) is 3.02. The quantitative estimate of drug-likeness (QED) is 0.578. The minimum Gasteiger partial charge on any atom is -0.480 e. The van der Waals surface area contributed by atoms with E-state index < -0.39 is 23.7 Å². The molecule has 8 heteroatoms. The van der Waals surface area contributed by atoms with Crippen LogP contribution >= 0.6 is 21.6 Å². The lowest BCUT2D eigenvalue weighted by Crippen LogP contribution is -2.53. The predicted molar refractivity (Wildman–Crippen MR) is 67.8 cm³/mol. The lowest BCUT2D eigenvalue weighted by Gasteiger charge is -2.34. The van der Waals surface area contributed by atoms with E-state index in [1.54, 1.807) is 6.26 Å². The monoisotopic (exact) mass is 303 g/mol. The van der Waals surface area contributed by atoms with Gasteiger partial charge in [-0.05, 0) is 32.6 Å². The molecule has 1 fully saturated rings. The van der Waals surface area contributed by atoms with Crippen LogP contribution in [0, 0.1) is 0 Å². The largest absolute Gasteiger partial charge is 0.480 e. The first-order chi connectivity index (χ1) is 8.25. The summed E-state index contributed by atoms with van der Waals surface area (Å²) >= 11 is 0. The van der Waals surface area contributed by atoms with E-state index in [9.17, 15) is 18.0 Å². The van der Waals surface area contributed by atoms with Crippen molar-refractivity contribution in [1.29, 1.82) is 0 Å². The molecule has 0 heterocycles. The minimum atomic E-state index is -4.39. The highest BCUT2D eigenvalue weighted by Gasteiger charge is 2.59. The van der Waals surface area contributed by atoms with Gasteiger partial charge >= 0.3 is 12.1 Å². The molecule has 1 saturated carbocycles. The lowest BCUT2D eigenvalue weighted by atomic mass is 10.1. The molecule has 1 aliphatic carbocycles. The van der Waals surface area contributed by atoms with Gasteiger partial charge < -0.3 is 5.11 Å². The molecule has 1 rings (SSSR count). The van der Waals surface area contributed by atoms with E-state index in [1.165, 1.54) is 28.6 Å². The maximum absolute atomic E-state index is 13.0. The third kappa shape index (κ3) is 3.48. The van der Waals surface area contributed by atoms with Gasteiger partial charge in [0.05, 0.1) is 0 Å². The highest BCUT2D eigenvalue weighted by Crippen LogP contribution is 2.45. The number of rotatable bonds is 7. The maximum Gasteiger partial charge on any atom is 0.404 e. The Morgan fingerprint density at radius 1 is 1.50 bits per heavy atom. The Bertz CT molecular complexity index is 308. The van der Waals surface area contributed by atoms with E-state index in [0.717, 1.165) is 4.90 Å². The van der Waals surface area contributed by atoms with Gasteiger partial charge in [-0.2, -0.15) is 13.2 Å². The topological polar surface area (TPSA) is 40.5 Å². The first kappa shape index (κ1) is 16.0. The van der Waals surface area contributed by atoms with E-state index in [2.05, 4.69) is 0 Å². The molecule has 1 unspecified atom stereocenters. The number of alkyl halides is 3. The third-order valence-corrected chi connectivity index (χ3v) is 5.08. The Balaban J connectivity index is 2.74. The smallest absolute Gasteiger partial charge is 0.404 e. The molecule has 1 atom stereocenters. The molecule has 1 N–H and O–H groups in total. The molecule has 106 valence electrons. The SMILES string of the molecule is CSSCCC(N(C)C1(C(=O)O)CC1)C(F)(F)F. The van der Waals surface area contributed by atoms with Crippen molar-refractivity contribution in [2.75, 3.05) is 19.1 Å². The average molecular weight is 303 g/mol. The summed E-state index contributed by atoms with van der Waals surface area (Å²) in [7, 11) is 4.03. The molecule has 0 spiro atoms. The van der Waals surface area contributed by atoms with Gasteiger partial charge in [-0.15, -0.1) is 0 Å². The van der Waals surface area contributed by atoms with Gasteiger partial charge in [0, 0.05) is 5.75 Å². The molecule has 0 amide bonds. The highest BCUT2D eigenvalue weighted by atomic mass is 33.1. The lowest BCUT2D eigenvalue weighted by molar-refractivity contribution is -0.192. The standard InChI is InChI=1S/C10H16F3NO2S2/c1-14(9(4-5-9)8(15)16)7(10(11,12)13)3-6-18-17-2/h7H,3-6H2,1-2H3,(H,15,16). The van der Waals surface area contributed by atoms with Crippen molar-refractivity contribution in [3.63, 3.8) is 0 Å². The summed E-state index contributed by atoms with van der Waals surface area (Å²) in [5.74, 6) is -0.803. The number of hydrogen-bond acceptors (Lipinski definition) is 4. The number of likely N-dealkylation sites (N-methyl/N-ethyl adjacent to an activating group) is 1. The Kier molecular flexibility index (Phi) is 5.25. The van der Waals surface area contributed by atoms with Crippen LogP contribution in [0.2, 0.25) is 0 Å². The van der Waals surface area contributed by atoms with Gasteiger partial charge in [0.1, 0.15) is 11.6 Å². The van der Waals surface area contributed by atoms with E-state index >= 15 is 0 Å². The maximum atomic E-state index is 13.0. The van der Waals surface area contributed by atoms with Crippen molar-refractivity contribution < 1.29 is 23.1 Å². The molecule has 0 aromatic carbocycles. The summed E-state index contributed by atoms with van der Waals surface area (Å²) in [5.41, 5.74) is -1.30. The Hall–Kier alpha value is -0.0800. The molecule has 0 aromatic heterocycles. The van der Waals surface area contributed by atoms with Gasteiger partial charge in [0.2, 0.25) is 0 Å². The summed E-state index contributed by atoms with van der Waals surface area (Å²) in [6.45, 7) is 0. The summed E-state index contributed by atoms with van der Waals surface area (Å²) in [6, 6.07) is -1.68. The molecular weight excluding hydrogens is 287 g/mol. The van der Waals surface area contributed by atoms with Crippen molar-refractivity contribution in [1.82, 2.24) is 4.90 Å². The van der Waals surface area contributed by atoms with Crippen LogP contribution in [0.3, 0.4) is 0 Å². The first-order valence-corrected chi connectivity index (χ1v) is 8.17. The van der Waals surface area contributed by atoms with Crippen molar-refractivity contribution in [3.8, 4) is 0 Å². The molecule has 0 saturated heterocycles. The van der Waals surface area contributed by atoms with Crippen LogP contribution in [-0.2, 0) is 4.79 Å². The van der Waals surface area contributed by atoms with Crippen LogP contribution in [-0.4, -0.2) is 52.8 Å². The number of aliphatic carboxylic acids is 1. The second-order valence-electron chi connectivity index (χ2n) is 4.28. The van der Waals surface area contributed by atoms with Crippen molar-refractivity contribution in [2.45, 2.75) is 37.0 Å². The molecule has 0 bridgehead atoms. The van der Waals surface area contributed by atoms with E-state index in [0.29, 0.717) is 18.6 Å². The van der Waals surface area contributed by atoms with Crippen molar-refractivity contribution >= 4 is 27.6 Å². The number of halogens is 3. The van der Waals surface area contributed by atoms with Crippen LogP contribution in [0.15, 0.2) is 0 Å². The van der Waals surface area contributed by atoms with E-state index in [1.807, 2.05) is 0 Å². The molecular formula is C10H16F3NO2S2. The minimum absolute atomic E-state index is 0.0828. The zero-order chi connectivity index (χ0) is 14.0. The number of carbonyl (C=O) groups is 1. The van der Waals surface area contributed by atoms with Gasteiger partial charge in [-0.3, -0.25) is 9.69 Å². The van der Waals surface area contributed by atoms with E-state index in [4.69, 9.17) is 5.11 Å². The van der Waals surface area contributed by atoms with Crippen molar-refractivity contribution in [2.24, 2.45) is 0 Å². The zero-order valence-corrected chi connectivity index (χ0v) is 11.8. The fourth-order valence-electron chi connectivity index (χ4n) is 1.95. The zero-order valence-electron chi connectivity index (χ0n) is 10.2. The van der Waals surface area contributed by atoms with E-state index in [-0.39, 0.29) is 6.42 Å². The molecule has 1 aliphatic rings. The Morgan fingerprint density at radius 3 is 2.39 bits per heavy atom. The second-order valence-corrected chi connectivity index (χ2v) is 6.97. The number of carboxylic acid groups (broad SMARTS) is 1. The normalized spacial score (nSPS) is 19.9. The summed E-state index contributed by atoms with van der Waals surface area (Å²) in [5, 5.41) is 9.04. The van der Waals surface area contributed by atoms with Crippen LogP contribution in [0.25, 0.3) is 0 Å². The van der Waals surface area contributed by atoms with Crippen LogP contribution in [0.1, 0.15) is 19.3 Å². The van der Waals surface area contributed by atoms with Crippen LogP contribution in [0.5, 0.6) is 0 Å². The summed E-state index contributed by atoms with van der Waals surface area (Å²) < 4.78 is 38.9. The fraction of sp³-hybridized carbons (Fsp3) is 0.900. The Labute approximate surface area is 112 Å². The number of nitrogens with zero attached hydrogens (tertiary/aromatic N) is 1. The Morgan fingerprint density at radius 2 is 2.06 bits per heavy atom. The molecule has 0 aliphatic heterocycles. The first-order valence-electron chi connectivity index (χ1n) is 5.44. The highest BCUT2D eigenvalue weighted by molar-refractivity contribution is 8.76. The van der Waals surface area contributed by atoms with Crippen LogP contribution < -0.4 is 0 Å². The molecule has 3 nitrogen and oxygen atoms in total. The van der Waals surface area contributed by atoms with Crippen molar-refractivity contribution in [3.05, 3.63) is 0 Å². The van der Waals surface area contributed by atoms with Gasteiger partial charge in [0.15, 0.2) is 0 Å². The number of carboxylic acids is 1. The van der Waals surface area contributed by atoms with Gasteiger partial charge in [0.25, 0.3) is 0 Å². The summed E-state index contributed by atoms with van der Waals surface area (Å²) in [6.07, 6.45) is -2.09. The van der Waals surface area contributed by atoms with Gasteiger partial charge in [-0.25, -0.2) is 0 Å². The fourth-order valence-corrected chi connectivity index (χ4v) is 3.23. The van der Waals surface area contributed by atoms with Gasteiger partial charge in [-0.1, -0.05) is 21.6 Å². The third-order valence-electron chi connectivity index (χ3n) is 3.23. The van der Waals surface area contributed by atoms with Crippen LogP contribution in [0.4, 0.5) is 13.2 Å². The summed E-state index contributed by atoms with van der Waals surface area (Å²) in [4.78, 5) is 12.1. The molecule has 18 heavy (non-hydrogen) atoms. The molecule has 0 radical (unpaired) electrons. The predicted octanol–water partition coefficient (Wildman–Crippen LogP) is 2.87.